The van der Waals surface area contributed by atoms with Crippen molar-refractivity contribution in [2.24, 2.45) is 4.99 Å². The predicted molar refractivity (Wildman–Crippen MR) is 97.4 cm³/mol. The summed E-state index contributed by atoms with van der Waals surface area (Å²) < 4.78 is 13.4. The van der Waals surface area contributed by atoms with E-state index in [1.54, 1.807) is 18.3 Å². The van der Waals surface area contributed by atoms with Crippen LogP contribution in [0.1, 0.15) is 42.3 Å². The number of thiazole rings is 1. The molecular weight excluding hydrogens is 335 g/mol. The molecule has 126 valence electrons. The molecule has 0 saturated carbocycles. The lowest BCUT2D eigenvalue weighted by Crippen LogP contribution is -2.19. The molecule has 5 heteroatoms. The molecule has 1 unspecified atom stereocenters. The molecule has 2 aliphatic rings. The monoisotopic (exact) mass is 352 g/mol. The van der Waals surface area contributed by atoms with Crippen molar-refractivity contribution in [1.82, 2.24) is 4.98 Å². The van der Waals surface area contributed by atoms with Crippen LogP contribution < -0.4 is 0 Å². The van der Waals surface area contributed by atoms with E-state index >= 15 is 0 Å². The fraction of sp³-hybridized carbons (Fsp3) is 0.250. The molecule has 2 heterocycles. The first-order valence-corrected chi connectivity index (χ1v) is 9.25. The van der Waals surface area contributed by atoms with Gasteiger partial charge in [-0.3, -0.25) is 9.79 Å². The van der Waals surface area contributed by atoms with Gasteiger partial charge in [0, 0.05) is 30.0 Å². The van der Waals surface area contributed by atoms with Gasteiger partial charge in [0.15, 0.2) is 5.78 Å². The van der Waals surface area contributed by atoms with Crippen molar-refractivity contribution >= 4 is 22.8 Å². The first-order valence-electron chi connectivity index (χ1n) is 8.37. The van der Waals surface area contributed by atoms with E-state index in [1.807, 2.05) is 5.38 Å². The third-order valence-corrected chi connectivity index (χ3v) is 5.37. The van der Waals surface area contributed by atoms with Crippen LogP contribution in [0.4, 0.5) is 4.39 Å². The number of ketones is 1. The molecule has 0 bridgehead atoms. The quantitative estimate of drug-likeness (QED) is 0.777. The topological polar surface area (TPSA) is 42.3 Å². The smallest absolute Gasteiger partial charge is 0.161 e. The van der Waals surface area contributed by atoms with Gasteiger partial charge in [0.05, 0.1) is 5.71 Å². The van der Waals surface area contributed by atoms with Gasteiger partial charge in [-0.05, 0) is 36.1 Å². The fourth-order valence-electron chi connectivity index (χ4n) is 3.37. The molecule has 0 saturated heterocycles. The summed E-state index contributed by atoms with van der Waals surface area (Å²) >= 11 is 1.54. The third-order valence-electron chi connectivity index (χ3n) is 4.55. The summed E-state index contributed by atoms with van der Waals surface area (Å²) in [5.41, 5.74) is 3.52. The minimum Gasteiger partial charge on any atom is -0.294 e. The first-order chi connectivity index (χ1) is 12.2. The number of allylic oxidation sites excluding steroid dienone is 3. The number of Topliss-reactive ketones (excluding diaryl/α,β-unsaturated/α-hetero) is 1. The van der Waals surface area contributed by atoms with Crippen LogP contribution in [-0.2, 0) is 4.79 Å². The van der Waals surface area contributed by atoms with E-state index in [9.17, 15) is 9.18 Å². The zero-order valence-corrected chi connectivity index (χ0v) is 14.4. The van der Waals surface area contributed by atoms with Crippen LogP contribution in [0.5, 0.6) is 0 Å². The lowest BCUT2D eigenvalue weighted by Gasteiger charge is -2.25. The van der Waals surface area contributed by atoms with Gasteiger partial charge in [-0.2, -0.15) is 0 Å². The van der Waals surface area contributed by atoms with E-state index in [0.29, 0.717) is 12.8 Å². The number of hydrogen-bond acceptors (Lipinski definition) is 4. The second kappa shape index (κ2) is 6.84. The lowest BCUT2D eigenvalue weighted by molar-refractivity contribution is -0.116. The summed E-state index contributed by atoms with van der Waals surface area (Å²) in [4.78, 5) is 22.0. The number of aliphatic imine (C=N–C) groups is 1. The Balaban J connectivity index is 1.88. The van der Waals surface area contributed by atoms with Crippen LogP contribution in [0.25, 0.3) is 0 Å². The SMILES string of the molecule is O=C1CCCC2=C1C(c1ccc(F)cc1)/N=C(/c1nccs1)C/C=C/2. The minimum absolute atomic E-state index is 0.143. The van der Waals surface area contributed by atoms with Crippen LogP contribution in [-0.4, -0.2) is 16.5 Å². The summed E-state index contributed by atoms with van der Waals surface area (Å²) in [7, 11) is 0. The summed E-state index contributed by atoms with van der Waals surface area (Å²) in [6.07, 6.45) is 8.87. The van der Waals surface area contributed by atoms with E-state index < -0.39 is 6.04 Å². The molecule has 2 aromatic rings. The average molecular weight is 352 g/mol. The first kappa shape index (κ1) is 16.1. The van der Waals surface area contributed by atoms with Crippen molar-refractivity contribution in [2.75, 3.05) is 0 Å². The molecule has 4 rings (SSSR count). The molecular formula is C20H17FN2OS. The molecule has 1 aromatic carbocycles. The van der Waals surface area contributed by atoms with Gasteiger partial charge in [0.25, 0.3) is 0 Å². The standard InChI is InChI=1S/C20H17FN2OS/c21-15-9-7-14(8-10-15)19-18-13(4-2-6-17(18)24)3-1-5-16(23-19)20-22-11-12-25-20/h1,3,7-12,19H,2,4-6H2/b3-1+,23-16+. The second-order valence-corrected chi connectivity index (χ2v) is 7.08. The number of aromatic nitrogens is 1. The van der Waals surface area contributed by atoms with Crippen molar-refractivity contribution in [2.45, 2.75) is 31.7 Å². The van der Waals surface area contributed by atoms with Crippen LogP contribution in [0.15, 0.2) is 64.1 Å². The van der Waals surface area contributed by atoms with Crippen molar-refractivity contribution in [3.05, 3.63) is 75.5 Å². The highest BCUT2D eigenvalue weighted by molar-refractivity contribution is 7.11. The molecule has 1 aliphatic carbocycles. The summed E-state index contributed by atoms with van der Waals surface area (Å²) in [6, 6.07) is 5.90. The highest BCUT2D eigenvalue weighted by Crippen LogP contribution is 2.37. The zero-order chi connectivity index (χ0) is 17.2. The second-order valence-electron chi connectivity index (χ2n) is 6.19. The Morgan fingerprint density at radius 2 is 2.00 bits per heavy atom. The number of nitrogens with zero attached hydrogens (tertiary/aromatic N) is 2. The molecule has 1 aliphatic heterocycles. The molecule has 0 spiro atoms. The van der Waals surface area contributed by atoms with Gasteiger partial charge in [-0.1, -0.05) is 24.3 Å². The maximum Gasteiger partial charge on any atom is 0.161 e. The Bertz CT molecular complexity index is 879. The van der Waals surface area contributed by atoms with Crippen LogP contribution >= 0.6 is 11.3 Å². The molecule has 3 nitrogen and oxygen atoms in total. The Morgan fingerprint density at radius 1 is 1.16 bits per heavy atom. The van der Waals surface area contributed by atoms with Gasteiger partial charge >= 0.3 is 0 Å². The third kappa shape index (κ3) is 3.24. The van der Waals surface area contributed by atoms with Crippen molar-refractivity contribution in [3.63, 3.8) is 0 Å². The Labute approximate surface area is 149 Å². The molecule has 0 fully saturated rings. The van der Waals surface area contributed by atoms with Gasteiger partial charge in [-0.25, -0.2) is 9.37 Å². The minimum atomic E-state index is -0.396. The largest absolute Gasteiger partial charge is 0.294 e. The number of hydrogen-bond donors (Lipinski definition) is 0. The molecule has 0 N–H and O–H groups in total. The number of carbonyl (C=O) groups is 1. The summed E-state index contributed by atoms with van der Waals surface area (Å²) in [5, 5.41) is 2.79. The maximum atomic E-state index is 13.4. The highest BCUT2D eigenvalue weighted by atomic mass is 32.1. The van der Waals surface area contributed by atoms with Crippen LogP contribution in [0.3, 0.4) is 0 Å². The number of benzene rings is 1. The predicted octanol–water partition coefficient (Wildman–Crippen LogP) is 4.82. The molecule has 25 heavy (non-hydrogen) atoms. The Kier molecular flexibility index (Phi) is 4.40. The number of rotatable bonds is 2. The van der Waals surface area contributed by atoms with E-state index in [-0.39, 0.29) is 11.6 Å². The Hall–Kier alpha value is -2.40. The zero-order valence-electron chi connectivity index (χ0n) is 13.6. The summed E-state index contributed by atoms with van der Waals surface area (Å²) in [5.74, 6) is -0.146. The molecule has 1 atom stereocenters. The number of halogens is 1. The lowest BCUT2D eigenvalue weighted by atomic mass is 9.83. The molecule has 0 radical (unpaired) electrons. The van der Waals surface area contributed by atoms with Crippen molar-refractivity contribution in [3.8, 4) is 0 Å². The van der Waals surface area contributed by atoms with E-state index in [1.165, 1.54) is 23.5 Å². The van der Waals surface area contributed by atoms with Gasteiger partial charge in [-0.15, -0.1) is 11.3 Å². The fourth-order valence-corrected chi connectivity index (χ4v) is 4.01. The number of carbonyl (C=O) groups excluding carboxylic acids is 1. The molecule has 0 amide bonds. The van der Waals surface area contributed by atoms with Crippen LogP contribution in [0, 0.1) is 5.82 Å². The average Bonchev–Trinajstić information content (AvgIpc) is 3.12. The van der Waals surface area contributed by atoms with E-state index in [4.69, 9.17) is 4.99 Å². The van der Waals surface area contributed by atoms with Crippen molar-refractivity contribution < 1.29 is 9.18 Å². The van der Waals surface area contributed by atoms with E-state index in [2.05, 4.69) is 17.1 Å². The highest BCUT2D eigenvalue weighted by Gasteiger charge is 2.29. The van der Waals surface area contributed by atoms with Gasteiger partial charge < -0.3 is 0 Å². The summed E-state index contributed by atoms with van der Waals surface area (Å²) in [6.45, 7) is 0. The van der Waals surface area contributed by atoms with Gasteiger partial charge in [0.2, 0.25) is 0 Å². The van der Waals surface area contributed by atoms with Gasteiger partial charge in [0.1, 0.15) is 16.9 Å². The normalized spacial score (nSPS) is 24.1. The van der Waals surface area contributed by atoms with Crippen molar-refractivity contribution in [1.29, 1.82) is 0 Å². The molecule has 1 aromatic heterocycles. The maximum absolute atomic E-state index is 13.4. The van der Waals surface area contributed by atoms with Crippen LogP contribution in [0.2, 0.25) is 0 Å². The van der Waals surface area contributed by atoms with E-state index in [0.717, 1.165) is 40.3 Å². The Morgan fingerprint density at radius 3 is 2.76 bits per heavy atom.